The average molecular weight is 488 g/mol. The first-order chi connectivity index (χ1) is 16.3. The van der Waals surface area contributed by atoms with Crippen LogP contribution in [0, 0.1) is 0 Å². The highest BCUT2D eigenvalue weighted by molar-refractivity contribution is 7.99. The number of amides is 1. The Kier molecular flexibility index (Phi) is 6.92. The third kappa shape index (κ3) is 5.60. The van der Waals surface area contributed by atoms with E-state index in [1.165, 1.54) is 12.1 Å². The number of benzene rings is 2. The molecule has 1 N–H and O–H groups in total. The summed E-state index contributed by atoms with van der Waals surface area (Å²) in [4.78, 5) is 12.4. The monoisotopic (exact) mass is 487 g/mol. The van der Waals surface area contributed by atoms with Gasteiger partial charge < -0.3 is 10.1 Å². The predicted octanol–water partition coefficient (Wildman–Crippen LogP) is 4.74. The van der Waals surface area contributed by atoms with Crippen LogP contribution in [0.1, 0.15) is 17.0 Å². The fraction of sp³-hybridized carbons (Fsp3) is 0.174. The molecule has 0 aliphatic rings. The van der Waals surface area contributed by atoms with Crippen LogP contribution in [0.2, 0.25) is 0 Å². The molecule has 0 radical (unpaired) electrons. The summed E-state index contributed by atoms with van der Waals surface area (Å²) >= 11 is 1.13. The Morgan fingerprint density at radius 1 is 1.06 bits per heavy atom. The lowest BCUT2D eigenvalue weighted by Gasteiger charge is -2.12. The van der Waals surface area contributed by atoms with Crippen molar-refractivity contribution in [2.45, 2.75) is 17.8 Å². The lowest BCUT2D eigenvalue weighted by Crippen LogP contribution is -2.17. The van der Waals surface area contributed by atoms with E-state index in [4.69, 9.17) is 4.74 Å². The Bertz CT molecular complexity index is 1250. The van der Waals surface area contributed by atoms with E-state index in [1.54, 1.807) is 16.5 Å². The van der Waals surface area contributed by atoms with Crippen molar-refractivity contribution in [3.8, 4) is 5.75 Å². The molecule has 0 spiro atoms. The molecule has 4 aromatic rings. The van der Waals surface area contributed by atoms with Gasteiger partial charge in [-0.2, -0.15) is 13.2 Å². The van der Waals surface area contributed by atoms with Crippen LogP contribution >= 0.6 is 11.8 Å². The first kappa shape index (κ1) is 23.4. The summed E-state index contributed by atoms with van der Waals surface area (Å²) in [5.41, 5.74) is 0.251. The number of thioether (sulfide) groups is 1. The van der Waals surface area contributed by atoms with Crippen LogP contribution in [0.15, 0.2) is 78.2 Å². The molecule has 2 aromatic heterocycles. The molecule has 0 bridgehead atoms. The number of alkyl halides is 3. The highest BCUT2D eigenvalue weighted by Crippen LogP contribution is 2.30. The Labute approximate surface area is 197 Å². The lowest BCUT2D eigenvalue weighted by molar-refractivity contribution is -0.137. The summed E-state index contributed by atoms with van der Waals surface area (Å²) in [6.45, 7) is 0. The first-order valence-corrected chi connectivity index (χ1v) is 11.1. The van der Waals surface area contributed by atoms with E-state index < -0.39 is 17.6 Å². The molecule has 2 aromatic carbocycles. The Hall–Kier alpha value is -3.73. The van der Waals surface area contributed by atoms with Crippen molar-refractivity contribution in [2.24, 2.45) is 0 Å². The highest BCUT2D eigenvalue weighted by Gasteiger charge is 2.30. The average Bonchev–Trinajstić information content (AvgIpc) is 3.47. The van der Waals surface area contributed by atoms with Crippen LogP contribution in [-0.4, -0.2) is 38.3 Å². The van der Waals surface area contributed by atoms with Gasteiger partial charge in [0, 0.05) is 24.5 Å². The number of halogens is 3. The van der Waals surface area contributed by atoms with Crippen molar-refractivity contribution in [1.29, 1.82) is 0 Å². The number of rotatable bonds is 8. The van der Waals surface area contributed by atoms with Crippen LogP contribution in [0.4, 0.5) is 18.9 Å². The maximum absolute atomic E-state index is 12.9. The smallest absolute Gasteiger partial charge is 0.416 e. The van der Waals surface area contributed by atoms with Crippen molar-refractivity contribution < 1.29 is 22.7 Å². The molecule has 0 saturated heterocycles. The van der Waals surface area contributed by atoms with E-state index in [2.05, 4.69) is 15.5 Å². The zero-order valence-electron chi connectivity index (χ0n) is 18.0. The van der Waals surface area contributed by atoms with Gasteiger partial charge in [-0.3, -0.25) is 9.47 Å². The number of methoxy groups -OCH3 is 1. The third-order valence-corrected chi connectivity index (χ3v) is 5.74. The van der Waals surface area contributed by atoms with E-state index in [-0.39, 0.29) is 11.4 Å². The van der Waals surface area contributed by atoms with Gasteiger partial charge in [0.2, 0.25) is 11.1 Å². The molecule has 0 atom stereocenters. The van der Waals surface area contributed by atoms with Crippen LogP contribution in [0.25, 0.3) is 0 Å². The summed E-state index contributed by atoms with van der Waals surface area (Å²) in [7, 11) is 1.60. The molecular weight excluding hydrogens is 467 g/mol. The van der Waals surface area contributed by atoms with Gasteiger partial charge in [0.25, 0.3) is 0 Å². The largest absolute Gasteiger partial charge is 0.497 e. The Balaban J connectivity index is 1.48. The minimum Gasteiger partial charge on any atom is -0.497 e. The summed E-state index contributed by atoms with van der Waals surface area (Å²) in [6, 6.07) is 15.8. The van der Waals surface area contributed by atoms with Crippen LogP contribution in [-0.2, 0) is 17.4 Å². The van der Waals surface area contributed by atoms with E-state index in [1.807, 2.05) is 48.8 Å². The van der Waals surface area contributed by atoms with E-state index >= 15 is 0 Å². The number of aromatic nitrogens is 4. The molecule has 0 aliphatic carbocycles. The molecule has 176 valence electrons. The second-order valence-corrected chi connectivity index (χ2v) is 8.16. The lowest BCUT2D eigenvalue weighted by atomic mass is 10.1. The van der Waals surface area contributed by atoms with Crippen molar-refractivity contribution in [1.82, 2.24) is 19.5 Å². The number of hydrogen-bond acceptors (Lipinski definition) is 5. The fourth-order valence-corrected chi connectivity index (χ4v) is 3.97. The highest BCUT2D eigenvalue weighted by atomic mass is 32.2. The summed E-state index contributed by atoms with van der Waals surface area (Å²) in [5.74, 6) is 0.891. The van der Waals surface area contributed by atoms with E-state index in [9.17, 15) is 18.0 Å². The molecule has 4 rings (SSSR count). The van der Waals surface area contributed by atoms with Gasteiger partial charge in [-0.05, 0) is 48.0 Å². The van der Waals surface area contributed by atoms with Crippen LogP contribution in [0.5, 0.6) is 5.75 Å². The van der Waals surface area contributed by atoms with E-state index in [0.717, 1.165) is 35.2 Å². The van der Waals surface area contributed by atoms with Gasteiger partial charge in [0.15, 0.2) is 5.82 Å². The first-order valence-electron chi connectivity index (χ1n) is 10.1. The maximum Gasteiger partial charge on any atom is 0.416 e. The molecule has 1 amide bonds. The van der Waals surface area contributed by atoms with Gasteiger partial charge in [0.1, 0.15) is 5.75 Å². The molecular formula is C23H20F3N5O2S. The molecule has 34 heavy (non-hydrogen) atoms. The molecule has 7 nitrogen and oxygen atoms in total. The second kappa shape index (κ2) is 10.0. The topological polar surface area (TPSA) is 74.0 Å². The molecule has 0 saturated carbocycles. The van der Waals surface area contributed by atoms with Gasteiger partial charge in [-0.25, -0.2) is 4.68 Å². The number of anilines is 1. The number of nitrogens with zero attached hydrogens (tertiary/aromatic N) is 4. The Morgan fingerprint density at radius 3 is 2.47 bits per heavy atom. The van der Waals surface area contributed by atoms with Gasteiger partial charge >= 0.3 is 6.18 Å². The maximum atomic E-state index is 12.9. The van der Waals surface area contributed by atoms with Crippen molar-refractivity contribution in [3.05, 3.63) is 90.0 Å². The zero-order valence-corrected chi connectivity index (χ0v) is 18.8. The molecule has 0 aliphatic heterocycles. The summed E-state index contributed by atoms with van der Waals surface area (Å²) in [5, 5.41) is 11.5. The van der Waals surface area contributed by atoms with Gasteiger partial charge in [0.05, 0.1) is 18.4 Å². The second-order valence-electron chi connectivity index (χ2n) is 7.21. The standard InChI is InChI=1S/C23H20F3N5O2S/c1-33-19-9-7-16(8-10-19)13-20-28-29-22(31(20)30-11-2-3-12-30)34-15-21(32)27-18-6-4-5-17(14-18)23(24,25)26/h2-12,14H,13,15H2,1H3,(H,27,32). The normalized spacial score (nSPS) is 11.4. The molecule has 0 fully saturated rings. The fourth-order valence-electron chi connectivity index (χ4n) is 3.21. The predicted molar refractivity (Wildman–Crippen MR) is 122 cm³/mol. The van der Waals surface area contributed by atoms with Crippen molar-refractivity contribution >= 4 is 23.4 Å². The Morgan fingerprint density at radius 2 is 1.79 bits per heavy atom. The van der Waals surface area contributed by atoms with Crippen molar-refractivity contribution in [2.75, 3.05) is 18.2 Å². The van der Waals surface area contributed by atoms with Crippen LogP contribution in [0.3, 0.4) is 0 Å². The van der Waals surface area contributed by atoms with Crippen LogP contribution < -0.4 is 10.1 Å². The number of nitrogens with one attached hydrogen (secondary N) is 1. The number of hydrogen-bond donors (Lipinski definition) is 1. The minimum absolute atomic E-state index is 0.0574. The summed E-state index contributed by atoms with van der Waals surface area (Å²) in [6.07, 6.45) is -0.337. The SMILES string of the molecule is COc1ccc(Cc2nnc(SCC(=O)Nc3cccc(C(F)(F)F)c3)n2-n2cccc2)cc1. The third-order valence-electron chi connectivity index (χ3n) is 4.82. The number of carbonyl (C=O) groups excluding carboxylic acids is 1. The minimum atomic E-state index is -4.48. The number of ether oxygens (including phenoxy) is 1. The molecule has 0 unspecified atom stereocenters. The molecule has 2 heterocycles. The van der Waals surface area contributed by atoms with Gasteiger partial charge in [-0.15, -0.1) is 10.2 Å². The number of carbonyl (C=O) groups is 1. The van der Waals surface area contributed by atoms with E-state index in [0.29, 0.717) is 17.4 Å². The van der Waals surface area contributed by atoms with Gasteiger partial charge in [-0.1, -0.05) is 30.0 Å². The zero-order chi connectivity index (χ0) is 24.1. The quantitative estimate of drug-likeness (QED) is 0.364. The molecule has 11 heteroatoms. The summed E-state index contributed by atoms with van der Waals surface area (Å²) < 4.78 is 47.5. The van der Waals surface area contributed by atoms with Crippen molar-refractivity contribution in [3.63, 3.8) is 0 Å².